The first kappa shape index (κ1) is 14.8. The molecule has 0 saturated carbocycles. The number of hydrogen-bond donors (Lipinski definition) is 2. The Morgan fingerprint density at radius 2 is 2.35 bits per heavy atom. The van der Waals surface area contributed by atoms with Crippen LogP contribution in [-0.4, -0.2) is 29.3 Å². The summed E-state index contributed by atoms with van der Waals surface area (Å²) >= 11 is 0. The number of carbonyl (C=O) groups is 1. The number of nitrogens with one attached hydrogen (secondary N) is 1. The number of ether oxygens (including phenoxy) is 1. The number of halogens is 1. The summed E-state index contributed by atoms with van der Waals surface area (Å²) in [5.74, 6) is -0.450. The Bertz CT molecular complexity index is 506. The minimum absolute atomic E-state index is 0.151. The van der Waals surface area contributed by atoms with Gasteiger partial charge in [-0.1, -0.05) is 13.3 Å². The minimum atomic E-state index is -0.946. The van der Waals surface area contributed by atoms with Crippen LogP contribution in [-0.2, 0) is 11.2 Å². The van der Waals surface area contributed by atoms with Gasteiger partial charge in [0.2, 0.25) is 0 Å². The third-order valence-corrected chi connectivity index (χ3v) is 3.71. The summed E-state index contributed by atoms with van der Waals surface area (Å²) in [6.07, 6.45) is 1.79. The van der Waals surface area contributed by atoms with Crippen molar-refractivity contribution in [3.63, 3.8) is 0 Å². The lowest BCUT2D eigenvalue weighted by molar-refractivity contribution is -0.144. The van der Waals surface area contributed by atoms with Crippen molar-refractivity contribution in [3.8, 4) is 5.75 Å². The zero-order valence-electron chi connectivity index (χ0n) is 11.8. The first-order chi connectivity index (χ1) is 9.44. The summed E-state index contributed by atoms with van der Waals surface area (Å²) in [6.45, 7) is 4.06. The second-order valence-electron chi connectivity index (χ2n) is 5.46. The van der Waals surface area contributed by atoms with Crippen LogP contribution in [0.4, 0.5) is 4.39 Å². The molecule has 20 heavy (non-hydrogen) atoms. The average molecular weight is 281 g/mol. The van der Waals surface area contributed by atoms with Gasteiger partial charge in [-0.25, -0.2) is 4.39 Å². The molecule has 0 bridgehead atoms. The van der Waals surface area contributed by atoms with Gasteiger partial charge in [0.15, 0.2) is 0 Å². The van der Waals surface area contributed by atoms with Gasteiger partial charge in [0, 0.05) is 18.5 Å². The molecule has 0 amide bonds. The molecule has 0 saturated heterocycles. The van der Waals surface area contributed by atoms with Crippen molar-refractivity contribution in [3.05, 3.63) is 29.6 Å². The summed E-state index contributed by atoms with van der Waals surface area (Å²) in [6, 6.07) is 4.46. The fourth-order valence-electron chi connectivity index (χ4n) is 2.51. The predicted molar refractivity (Wildman–Crippen MR) is 73.5 cm³/mol. The topological polar surface area (TPSA) is 58.6 Å². The summed E-state index contributed by atoms with van der Waals surface area (Å²) in [5.41, 5.74) is -0.109. The van der Waals surface area contributed by atoms with Crippen LogP contribution in [0.25, 0.3) is 0 Å². The van der Waals surface area contributed by atoms with E-state index in [-0.39, 0.29) is 11.9 Å². The Balaban J connectivity index is 1.95. The third-order valence-electron chi connectivity index (χ3n) is 3.71. The van der Waals surface area contributed by atoms with Gasteiger partial charge in [-0.05, 0) is 31.5 Å². The fourth-order valence-corrected chi connectivity index (χ4v) is 2.51. The molecule has 1 heterocycles. The van der Waals surface area contributed by atoms with Crippen LogP contribution < -0.4 is 10.1 Å². The van der Waals surface area contributed by atoms with Crippen LogP contribution in [0.3, 0.4) is 0 Å². The average Bonchev–Trinajstić information content (AvgIpc) is 2.78. The first-order valence-corrected chi connectivity index (χ1v) is 6.88. The molecule has 0 spiro atoms. The third kappa shape index (κ3) is 3.10. The van der Waals surface area contributed by atoms with Gasteiger partial charge >= 0.3 is 5.97 Å². The van der Waals surface area contributed by atoms with Crippen LogP contribution >= 0.6 is 0 Å². The van der Waals surface area contributed by atoms with E-state index < -0.39 is 11.5 Å². The number of rotatable bonds is 6. The van der Waals surface area contributed by atoms with Crippen LogP contribution in [0.1, 0.15) is 32.3 Å². The van der Waals surface area contributed by atoms with Crippen molar-refractivity contribution in [2.24, 2.45) is 0 Å². The lowest BCUT2D eigenvalue weighted by Crippen LogP contribution is -2.52. The Morgan fingerprint density at radius 3 is 3.00 bits per heavy atom. The van der Waals surface area contributed by atoms with Gasteiger partial charge in [0.05, 0.1) is 0 Å². The number of hydrogen-bond acceptors (Lipinski definition) is 3. The molecule has 2 unspecified atom stereocenters. The van der Waals surface area contributed by atoms with Crippen molar-refractivity contribution in [1.29, 1.82) is 0 Å². The van der Waals surface area contributed by atoms with Crippen molar-refractivity contribution in [2.45, 2.75) is 44.8 Å². The number of benzene rings is 1. The molecular weight excluding hydrogens is 261 g/mol. The zero-order chi connectivity index (χ0) is 14.8. The lowest BCUT2D eigenvalue weighted by Gasteiger charge is -2.27. The molecule has 2 rings (SSSR count). The summed E-state index contributed by atoms with van der Waals surface area (Å²) in [5, 5.41) is 12.4. The fraction of sp³-hybridized carbons (Fsp3) is 0.533. The van der Waals surface area contributed by atoms with Gasteiger partial charge in [-0.2, -0.15) is 0 Å². The van der Waals surface area contributed by atoms with E-state index in [4.69, 9.17) is 4.74 Å². The molecule has 0 fully saturated rings. The highest BCUT2D eigenvalue weighted by Crippen LogP contribution is 2.29. The summed E-state index contributed by atoms with van der Waals surface area (Å²) in [4.78, 5) is 11.3. The maximum Gasteiger partial charge on any atom is 0.323 e. The van der Waals surface area contributed by atoms with E-state index in [2.05, 4.69) is 5.32 Å². The van der Waals surface area contributed by atoms with Gasteiger partial charge in [0.25, 0.3) is 0 Å². The van der Waals surface area contributed by atoms with E-state index in [0.717, 1.165) is 12.0 Å². The van der Waals surface area contributed by atoms with E-state index in [0.29, 0.717) is 25.1 Å². The van der Waals surface area contributed by atoms with Crippen molar-refractivity contribution < 1.29 is 19.0 Å². The van der Waals surface area contributed by atoms with Gasteiger partial charge in [0.1, 0.15) is 23.2 Å². The Hall–Kier alpha value is -1.62. The molecule has 5 heteroatoms. The number of fused-ring (bicyclic) bond motifs is 1. The molecule has 1 aromatic carbocycles. The maximum absolute atomic E-state index is 13.1. The van der Waals surface area contributed by atoms with Crippen molar-refractivity contribution in [1.82, 2.24) is 5.32 Å². The van der Waals surface area contributed by atoms with Gasteiger partial charge in [-0.15, -0.1) is 0 Å². The Morgan fingerprint density at radius 1 is 1.60 bits per heavy atom. The van der Waals surface area contributed by atoms with E-state index in [1.165, 1.54) is 12.1 Å². The highest BCUT2D eigenvalue weighted by Gasteiger charge is 2.33. The minimum Gasteiger partial charge on any atom is -0.488 e. The number of carboxylic acid groups (broad SMARTS) is 1. The smallest absolute Gasteiger partial charge is 0.323 e. The molecule has 2 N–H and O–H groups in total. The summed E-state index contributed by atoms with van der Waals surface area (Å²) in [7, 11) is 0. The molecule has 1 aliphatic rings. The largest absolute Gasteiger partial charge is 0.488 e. The monoisotopic (exact) mass is 281 g/mol. The van der Waals surface area contributed by atoms with Crippen molar-refractivity contribution >= 4 is 5.97 Å². The molecule has 0 aliphatic carbocycles. The molecule has 0 aromatic heterocycles. The van der Waals surface area contributed by atoms with E-state index in [9.17, 15) is 14.3 Å². The molecule has 110 valence electrons. The molecule has 1 aliphatic heterocycles. The standard InChI is InChI=1S/C15H20FNO3/c1-3-6-15(2,14(18)19)17-9-12-8-10-7-11(16)4-5-13(10)20-12/h4-5,7,12,17H,3,6,8-9H2,1-2H3,(H,18,19). The zero-order valence-corrected chi connectivity index (χ0v) is 11.8. The van der Waals surface area contributed by atoms with Crippen LogP contribution in [0.2, 0.25) is 0 Å². The Labute approximate surface area is 117 Å². The van der Waals surface area contributed by atoms with Crippen molar-refractivity contribution in [2.75, 3.05) is 6.54 Å². The quantitative estimate of drug-likeness (QED) is 0.840. The number of aliphatic carboxylic acids is 1. The SMILES string of the molecule is CCCC(C)(NCC1Cc2cc(F)ccc2O1)C(=O)O. The second kappa shape index (κ2) is 5.79. The normalized spacial score (nSPS) is 20.1. The first-order valence-electron chi connectivity index (χ1n) is 6.88. The van der Waals surface area contributed by atoms with Crippen LogP contribution in [0, 0.1) is 5.82 Å². The molecule has 2 atom stereocenters. The van der Waals surface area contributed by atoms with Gasteiger partial charge in [-0.3, -0.25) is 10.1 Å². The molecule has 4 nitrogen and oxygen atoms in total. The Kier molecular flexibility index (Phi) is 4.28. The van der Waals surface area contributed by atoms with Crippen LogP contribution in [0.5, 0.6) is 5.75 Å². The molecule has 1 aromatic rings. The van der Waals surface area contributed by atoms with E-state index in [1.54, 1.807) is 13.0 Å². The lowest BCUT2D eigenvalue weighted by atomic mass is 9.96. The van der Waals surface area contributed by atoms with E-state index in [1.807, 2.05) is 6.92 Å². The van der Waals surface area contributed by atoms with Gasteiger partial charge < -0.3 is 9.84 Å². The second-order valence-corrected chi connectivity index (χ2v) is 5.46. The highest BCUT2D eigenvalue weighted by molar-refractivity contribution is 5.78. The highest BCUT2D eigenvalue weighted by atomic mass is 19.1. The molecule has 0 radical (unpaired) electrons. The molecular formula is C15H20FNO3. The number of carboxylic acids is 1. The van der Waals surface area contributed by atoms with Crippen LogP contribution in [0.15, 0.2) is 18.2 Å². The summed E-state index contributed by atoms with van der Waals surface area (Å²) < 4.78 is 18.8. The maximum atomic E-state index is 13.1. The van der Waals surface area contributed by atoms with E-state index >= 15 is 0 Å². The predicted octanol–water partition coefficient (Wildman–Crippen LogP) is 2.36.